The number of Topliss-reactive ketones (excluding diaryl/α,β-unsaturated/α-hetero) is 1. The lowest BCUT2D eigenvalue weighted by molar-refractivity contribution is 0.101. The minimum absolute atomic E-state index is 0.0502. The predicted octanol–water partition coefficient (Wildman–Crippen LogP) is 4.42. The van der Waals surface area contributed by atoms with Gasteiger partial charge < -0.3 is 10.4 Å². The number of carbonyl (C=O) groups excluding carboxylic acids is 1. The van der Waals surface area contributed by atoms with Crippen LogP contribution in [-0.4, -0.2) is 17.9 Å². The Balaban J connectivity index is 0. The fourth-order valence-electron chi connectivity index (χ4n) is 1.51. The molecule has 0 atom stereocenters. The van der Waals surface area contributed by atoms with E-state index in [0.29, 0.717) is 17.5 Å². The number of hydrogen-bond acceptors (Lipinski definition) is 3. The van der Waals surface area contributed by atoms with Crippen LogP contribution in [0.25, 0.3) is 0 Å². The summed E-state index contributed by atoms with van der Waals surface area (Å²) in [5, 5.41) is 12.9. The Morgan fingerprint density at radius 1 is 1.32 bits per heavy atom. The molecule has 0 radical (unpaired) electrons. The molecule has 2 N–H and O–H groups in total. The molecule has 0 aromatic heterocycles. The minimum atomic E-state index is -0.138. The van der Waals surface area contributed by atoms with Crippen LogP contribution in [0.5, 0.6) is 5.75 Å². The topological polar surface area (TPSA) is 49.3 Å². The van der Waals surface area contributed by atoms with Crippen LogP contribution in [-0.2, 0) is 6.42 Å². The van der Waals surface area contributed by atoms with Crippen molar-refractivity contribution in [1.82, 2.24) is 0 Å². The summed E-state index contributed by atoms with van der Waals surface area (Å²) in [6.07, 6.45) is 2.23. The van der Waals surface area contributed by atoms with Gasteiger partial charge in [0, 0.05) is 18.3 Å². The Labute approximate surface area is 117 Å². The summed E-state index contributed by atoms with van der Waals surface area (Å²) in [6.45, 7) is 13.1. The van der Waals surface area contributed by atoms with Gasteiger partial charge in [0.25, 0.3) is 0 Å². The maximum absolute atomic E-state index is 11.2. The maximum atomic E-state index is 11.2. The molecule has 0 spiro atoms. The zero-order chi connectivity index (χ0) is 15.4. The third-order valence-corrected chi connectivity index (χ3v) is 2.28. The molecule has 108 valence electrons. The number of benzene rings is 1. The molecule has 0 aliphatic rings. The highest BCUT2D eigenvalue weighted by molar-refractivity contribution is 5.97. The van der Waals surface area contributed by atoms with Crippen LogP contribution in [0.2, 0.25) is 0 Å². The van der Waals surface area contributed by atoms with Crippen molar-refractivity contribution < 1.29 is 9.90 Å². The standard InChI is InChI=1S/C12H15NO2.2C2H6/c1-4-5-10-11(13-3)7-6-9(8(2)14)12(10)15;2*1-2/h4,6-7,13,15H,1,5H2,2-3H3;2*1-2H3. The molecule has 0 amide bonds. The molecular formula is C16H27NO2. The molecule has 0 saturated heterocycles. The minimum Gasteiger partial charge on any atom is -0.507 e. The average molecular weight is 265 g/mol. The SMILES string of the molecule is C=CCc1c(NC)ccc(C(C)=O)c1O.CC.CC. The van der Waals surface area contributed by atoms with Gasteiger partial charge in [-0.05, 0) is 25.5 Å². The molecule has 19 heavy (non-hydrogen) atoms. The van der Waals surface area contributed by atoms with Gasteiger partial charge in [-0.15, -0.1) is 6.58 Å². The van der Waals surface area contributed by atoms with Crippen molar-refractivity contribution in [3.63, 3.8) is 0 Å². The van der Waals surface area contributed by atoms with E-state index in [0.717, 1.165) is 5.69 Å². The fraction of sp³-hybridized carbons (Fsp3) is 0.438. The second-order valence-corrected chi connectivity index (χ2v) is 3.29. The van der Waals surface area contributed by atoms with Gasteiger partial charge in [0.2, 0.25) is 0 Å². The van der Waals surface area contributed by atoms with Gasteiger partial charge >= 0.3 is 0 Å². The van der Waals surface area contributed by atoms with Crippen LogP contribution in [0, 0.1) is 0 Å². The first-order chi connectivity index (χ1) is 9.11. The zero-order valence-electron chi connectivity index (χ0n) is 13.0. The number of hydrogen-bond donors (Lipinski definition) is 2. The molecule has 0 heterocycles. The molecule has 1 aromatic rings. The number of allylic oxidation sites excluding steroid dienone is 1. The lowest BCUT2D eigenvalue weighted by Gasteiger charge is -2.11. The Morgan fingerprint density at radius 2 is 1.84 bits per heavy atom. The first kappa shape index (κ1) is 19.6. The monoisotopic (exact) mass is 265 g/mol. The van der Waals surface area contributed by atoms with Crippen molar-refractivity contribution in [2.45, 2.75) is 41.0 Å². The lowest BCUT2D eigenvalue weighted by Crippen LogP contribution is -2.00. The molecule has 0 bridgehead atoms. The lowest BCUT2D eigenvalue weighted by atomic mass is 10.0. The van der Waals surface area contributed by atoms with Gasteiger partial charge in [-0.25, -0.2) is 0 Å². The summed E-state index contributed by atoms with van der Waals surface area (Å²) in [5.41, 5.74) is 1.88. The first-order valence-electron chi connectivity index (χ1n) is 6.76. The average Bonchev–Trinajstić information content (AvgIpc) is 2.45. The number of nitrogens with one attached hydrogen (secondary N) is 1. The van der Waals surface area contributed by atoms with Gasteiger partial charge in [0.15, 0.2) is 5.78 Å². The van der Waals surface area contributed by atoms with Crippen molar-refractivity contribution in [1.29, 1.82) is 0 Å². The molecule has 3 heteroatoms. The molecule has 0 unspecified atom stereocenters. The number of phenols is 1. The summed E-state index contributed by atoms with van der Waals surface area (Å²) in [5.74, 6) is -0.0882. The van der Waals surface area contributed by atoms with E-state index < -0.39 is 0 Å². The summed E-state index contributed by atoms with van der Waals surface area (Å²) in [6, 6.07) is 3.41. The van der Waals surface area contributed by atoms with E-state index in [1.807, 2.05) is 27.7 Å². The molecule has 0 aliphatic heterocycles. The first-order valence-corrected chi connectivity index (χ1v) is 6.76. The summed E-state index contributed by atoms with van der Waals surface area (Å²) >= 11 is 0. The Bertz CT molecular complexity index is 398. The Morgan fingerprint density at radius 3 is 2.21 bits per heavy atom. The second kappa shape index (κ2) is 11.3. The Hall–Kier alpha value is -1.77. The van der Waals surface area contributed by atoms with Crippen LogP contribution in [0.15, 0.2) is 24.8 Å². The largest absolute Gasteiger partial charge is 0.507 e. The molecule has 0 saturated carbocycles. The highest BCUT2D eigenvalue weighted by Gasteiger charge is 2.13. The number of phenolic OH excluding ortho intramolecular Hbond substituents is 1. The van der Waals surface area contributed by atoms with E-state index in [1.54, 1.807) is 25.3 Å². The van der Waals surface area contributed by atoms with Crippen molar-refractivity contribution in [3.8, 4) is 5.75 Å². The van der Waals surface area contributed by atoms with E-state index in [9.17, 15) is 9.90 Å². The number of aromatic hydroxyl groups is 1. The van der Waals surface area contributed by atoms with E-state index >= 15 is 0 Å². The third-order valence-electron chi connectivity index (χ3n) is 2.28. The molecule has 1 aromatic carbocycles. The quantitative estimate of drug-likeness (QED) is 0.626. The maximum Gasteiger partial charge on any atom is 0.163 e. The summed E-state index contributed by atoms with van der Waals surface area (Å²) in [7, 11) is 1.77. The second-order valence-electron chi connectivity index (χ2n) is 3.29. The predicted molar refractivity (Wildman–Crippen MR) is 84.3 cm³/mol. The van der Waals surface area contributed by atoms with Gasteiger partial charge in [0.05, 0.1) is 5.56 Å². The van der Waals surface area contributed by atoms with Gasteiger partial charge in [-0.3, -0.25) is 4.79 Å². The highest BCUT2D eigenvalue weighted by Crippen LogP contribution is 2.30. The zero-order valence-corrected chi connectivity index (χ0v) is 13.0. The highest BCUT2D eigenvalue weighted by atomic mass is 16.3. The third kappa shape index (κ3) is 5.60. The van der Waals surface area contributed by atoms with Gasteiger partial charge in [0.1, 0.15) is 5.75 Å². The van der Waals surface area contributed by atoms with Crippen LogP contribution in [0.3, 0.4) is 0 Å². The van der Waals surface area contributed by atoms with Crippen LogP contribution >= 0.6 is 0 Å². The molecule has 1 rings (SSSR count). The van der Waals surface area contributed by atoms with E-state index in [2.05, 4.69) is 11.9 Å². The van der Waals surface area contributed by atoms with Crippen LogP contribution in [0.1, 0.15) is 50.5 Å². The van der Waals surface area contributed by atoms with Gasteiger partial charge in [-0.1, -0.05) is 33.8 Å². The normalized spacial score (nSPS) is 8.32. The number of carbonyl (C=O) groups is 1. The summed E-state index contributed by atoms with van der Waals surface area (Å²) in [4.78, 5) is 11.2. The number of rotatable bonds is 4. The smallest absolute Gasteiger partial charge is 0.163 e. The van der Waals surface area contributed by atoms with Crippen molar-refractivity contribution >= 4 is 11.5 Å². The fourth-order valence-corrected chi connectivity index (χ4v) is 1.51. The number of ketones is 1. The molecule has 0 aliphatic carbocycles. The van der Waals surface area contributed by atoms with Crippen molar-refractivity contribution in [2.75, 3.05) is 12.4 Å². The number of anilines is 1. The molecule has 0 fully saturated rings. The molecular weight excluding hydrogens is 238 g/mol. The van der Waals surface area contributed by atoms with Crippen molar-refractivity contribution in [3.05, 3.63) is 35.9 Å². The van der Waals surface area contributed by atoms with Gasteiger partial charge in [-0.2, -0.15) is 0 Å². The summed E-state index contributed by atoms with van der Waals surface area (Å²) < 4.78 is 0. The molecule has 3 nitrogen and oxygen atoms in total. The van der Waals surface area contributed by atoms with E-state index in [4.69, 9.17) is 0 Å². The van der Waals surface area contributed by atoms with Crippen LogP contribution < -0.4 is 5.32 Å². The van der Waals surface area contributed by atoms with Crippen molar-refractivity contribution in [2.24, 2.45) is 0 Å². The van der Waals surface area contributed by atoms with E-state index in [1.165, 1.54) is 6.92 Å². The van der Waals surface area contributed by atoms with E-state index in [-0.39, 0.29) is 11.5 Å². The Kier molecular flexibility index (Phi) is 11.7. The van der Waals surface area contributed by atoms with Crippen LogP contribution in [0.4, 0.5) is 5.69 Å².